The molecule has 3 N–H and O–H groups in total. The molecule has 2 saturated carbocycles. The van der Waals surface area contributed by atoms with Crippen molar-refractivity contribution in [1.29, 1.82) is 0 Å². The number of aromatic nitrogens is 2. The van der Waals surface area contributed by atoms with E-state index in [1.54, 1.807) is 17.0 Å². The molecule has 3 aliphatic rings. The number of benzene rings is 2. The van der Waals surface area contributed by atoms with Crippen LogP contribution in [-0.2, 0) is 16.1 Å². The van der Waals surface area contributed by atoms with Crippen LogP contribution in [0.25, 0.3) is 10.9 Å². The number of piperidine rings is 1. The van der Waals surface area contributed by atoms with Gasteiger partial charge in [-0.1, -0.05) is 30.3 Å². The number of hydrogen-bond donors (Lipinski definition) is 2. The van der Waals surface area contributed by atoms with Gasteiger partial charge in [0.25, 0.3) is 5.91 Å². The third-order valence-electron chi connectivity index (χ3n) is 7.82. The lowest BCUT2D eigenvalue weighted by Gasteiger charge is -2.27. The van der Waals surface area contributed by atoms with Crippen LogP contribution in [0.3, 0.4) is 0 Å². The molecule has 37 heavy (non-hydrogen) atoms. The van der Waals surface area contributed by atoms with Gasteiger partial charge in [-0.2, -0.15) is 5.10 Å². The lowest BCUT2D eigenvalue weighted by Crippen LogP contribution is -2.49. The van der Waals surface area contributed by atoms with Gasteiger partial charge < -0.3 is 25.4 Å². The predicted molar refractivity (Wildman–Crippen MR) is 134 cm³/mol. The molecular formula is C27H29N5O5. The molecule has 1 saturated heterocycles. The van der Waals surface area contributed by atoms with E-state index in [4.69, 9.17) is 15.2 Å². The molecule has 10 heteroatoms. The van der Waals surface area contributed by atoms with Crippen LogP contribution in [0.4, 0.5) is 0 Å². The number of amides is 3. The Morgan fingerprint density at radius 2 is 1.78 bits per heavy atom. The van der Waals surface area contributed by atoms with Crippen molar-refractivity contribution >= 4 is 28.6 Å². The standard InChI is InChI=1S/C27H29N5O5/c1-36-22-11-17-20(12-23(22)37-2)31(30-25(17)26(28)34)13-24(33)32-19-8-15(19)9-21(32)27(35)29-18-10-16(18)14-6-4-3-5-7-14/h3-7,11-12,15-16,18-19,21H,8-10,13H2,1-2H3,(H2,28,34)(H,29,35)/t15-,16?,18?,19-,21+/m1/s1. The molecule has 6 rings (SSSR count). The maximum atomic E-state index is 13.6. The summed E-state index contributed by atoms with van der Waals surface area (Å²) in [7, 11) is 3.00. The number of nitrogens with one attached hydrogen (secondary N) is 1. The van der Waals surface area contributed by atoms with Gasteiger partial charge in [0.1, 0.15) is 12.6 Å². The normalized spacial score (nSPS) is 25.5. The minimum atomic E-state index is -0.707. The maximum absolute atomic E-state index is 13.6. The number of ether oxygens (including phenoxy) is 2. The highest BCUT2D eigenvalue weighted by molar-refractivity contribution is 6.05. The molecule has 0 spiro atoms. The van der Waals surface area contributed by atoms with Gasteiger partial charge in [-0.05, 0) is 36.8 Å². The number of methoxy groups -OCH3 is 2. The van der Waals surface area contributed by atoms with Crippen molar-refractivity contribution in [2.24, 2.45) is 11.7 Å². The summed E-state index contributed by atoms with van der Waals surface area (Å²) in [6.07, 6.45) is 2.48. The van der Waals surface area contributed by atoms with E-state index in [1.165, 1.54) is 24.5 Å². The van der Waals surface area contributed by atoms with Gasteiger partial charge in [0, 0.05) is 29.5 Å². The highest BCUT2D eigenvalue weighted by Gasteiger charge is 2.56. The van der Waals surface area contributed by atoms with E-state index in [1.807, 2.05) is 18.2 Å². The molecule has 5 atom stereocenters. The van der Waals surface area contributed by atoms with Crippen LogP contribution in [0.1, 0.15) is 41.2 Å². The summed E-state index contributed by atoms with van der Waals surface area (Å²) in [5.74, 6) is 0.520. The van der Waals surface area contributed by atoms with E-state index in [9.17, 15) is 14.4 Å². The fourth-order valence-corrected chi connectivity index (χ4v) is 5.76. The number of fused-ring (bicyclic) bond motifs is 2. The van der Waals surface area contributed by atoms with Crippen molar-refractivity contribution in [1.82, 2.24) is 20.0 Å². The van der Waals surface area contributed by atoms with Gasteiger partial charge in [0.15, 0.2) is 17.2 Å². The maximum Gasteiger partial charge on any atom is 0.269 e. The Hall–Kier alpha value is -4.08. The zero-order valence-electron chi connectivity index (χ0n) is 20.7. The molecular weight excluding hydrogens is 474 g/mol. The third kappa shape index (κ3) is 4.06. The average Bonchev–Trinajstić information content (AvgIpc) is 3.78. The average molecular weight is 504 g/mol. The molecule has 0 radical (unpaired) electrons. The van der Waals surface area contributed by atoms with Crippen molar-refractivity contribution in [2.45, 2.75) is 49.9 Å². The Kier molecular flexibility index (Phi) is 5.54. The summed E-state index contributed by atoms with van der Waals surface area (Å²) in [6.45, 7) is -0.123. The Labute approximate surface area is 213 Å². The molecule has 10 nitrogen and oxygen atoms in total. The number of rotatable bonds is 8. The number of likely N-dealkylation sites (tertiary alicyclic amines) is 1. The topological polar surface area (TPSA) is 129 Å². The van der Waals surface area contributed by atoms with Crippen molar-refractivity contribution in [3.8, 4) is 11.5 Å². The molecule has 192 valence electrons. The van der Waals surface area contributed by atoms with Gasteiger partial charge in [0.2, 0.25) is 11.8 Å². The van der Waals surface area contributed by atoms with Crippen LogP contribution in [0.2, 0.25) is 0 Å². The lowest BCUT2D eigenvalue weighted by atomic mass is 10.1. The first-order valence-corrected chi connectivity index (χ1v) is 12.5. The van der Waals surface area contributed by atoms with Crippen LogP contribution in [0.15, 0.2) is 42.5 Å². The summed E-state index contributed by atoms with van der Waals surface area (Å²) in [5, 5.41) is 7.98. The van der Waals surface area contributed by atoms with Crippen LogP contribution < -0.4 is 20.5 Å². The number of hydrogen-bond acceptors (Lipinski definition) is 6. The Morgan fingerprint density at radius 3 is 2.49 bits per heavy atom. The highest BCUT2D eigenvalue weighted by Crippen LogP contribution is 2.48. The smallest absolute Gasteiger partial charge is 0.269 e. The number of nitrogens with zero attached hydrogens (tertiary/aromatic N) is 3. The van der Waals surface area contributed by atoms with Crippen molar-refractivity contribution < 1.29 is 23.9 Å². The largest absolute Gasteiger partial charge is 0.493 e. The van der Waals surface area contributed by atoms with Crippen LogP contribution in [0.5, 0.6) is 11.5 Å². The van der Waals surface area contributed by atoms with Gasteiger partial charge in [0.05, 0.1) is 19.7 Å². The zero-order valence-corrected chi connectivity index (χ0v) is 20.7. The fourth-order valence-electron chi connectivity index (χ4n) is 5.76. The van der Waals surface area contributed by atoms with Crippen LogP contribution >= 0.6 is 0 Å². The quantitative estimate of drug-likeness (QED) is 0.483. The molecule has 1 aromatic heterocycles. The number of carbonyl (C=O) groups excluding carboxylic acids is 3. The SMILES string of the molecule is COc1cc2c(C(N)=O)nn(CC(=O)N3[C@@H]4C[C@@H]4C[C@H]3C(=O)NC3CC3c3ccccc3)c2cc1OC. The molecule has 0 bridgehead atoms. The van der Waals surface area contributed by atoms with Crippen LogP contribution in [0, 0.1) is 5.92 Å². The van der Waals surface area contributed by atoms with E-state index in [0.29, 0.717) is 40.7 Å². The molecule has 3 aromatic rings. The van der Waals surface area contributed by atoms with Crippen LogP contribution in [-0.4, -0.2) is 64.7 Å². The molecule has 2 unspecified atom stereocenters. The molecule has 2 heterocycles. The van der Waals surface area contributed by atoms with Crippen molar-refractivity contribution in [2.75, 3.05) is 14.2 Å². The summed E-state index contributed by atoms with van der Waals surface area (Å²) < 4.78 is 12.2. The number of carbonyl (C=O) groups is 3. The van der Waals surface area contributed by atoms with E-state index < -0.39 is 11.9 Å². The van der Waals surface area contributed by atoms with Crippen molar-refractivity contribution in [3.05, 3.63) is 53.7 Å². The molecule has 3 amide bonds. The minimum absolute atomic E-state index is 0.0458. The summed E-state index contributed by atoms with van der Waals surface area (Å²) in [5.41, 5.74) is 7.36. The highest BCUT2D eigenvalue weighted by atomic mass is 16.5. The summed E-state index contributed by atoms with van der Waals surface area (Å²) >= 11 is 0. The number of nitrogens with two attached hydrogens (primary N) is 1. The second-order valence-corrected chi connectivity index (χ2v) is 10.1. The predicted octanol–water partition coefficient (Wildman–Crippen LogP) is 1.81. The lowest BCUT2D eigenvalue weighted by molar-refractivity contribution is -0.140. The second kappa shape index (κ2) is 8.79. The molecule has 2 aliphatic carbocycles. The van der Waals surface area contributed by atoms with Gasteiger partial charge in [-0.15, -0.1) is 0 Å². The van der Waals surface area contributed by atoms with Gasteiger partial charge in [-0.25, -0.2) is 0 Å². The van der Waals surface area contributed by atoms with E-state index in [2.05, 4.69) is 22.5 Å². The van der Waals surface area contributed by atoms with E-state index in [0.717, 1.165) is 12.8 Å². The fraction of sp³-hybridized carbons (Fsp3) is 0.407. The van der Waals surface area contributed by atoms with E-state index in [-0.39, 0.29) is 36.1 Å². The number of primary amides is 1. The van der Waals surface area contributed by atoms with E-state index >= 15 is 0 Å². The third-order valence-corrected chi connectivity index (χ3v) is 7.82. The molecule has 3 fully saturated rings. The molecule has 1 aliphatic heterocycles. The van der Waals surface area contributed by atoms with Crippen molar-refractivity contribution in [3.63, 3.8) is 0 Å². The van der Waals surface area contributed by atoms with Gasteiger partial charge >= 0.3 is 0 Å². The Morgan fingerprint density at radius 1 is 1.05 bits per heavy atom. The minimum Gasteiger partial charge on any atom is -0.493 e. The monoisotopic (exact) mass is 503 g/mol. The second-order valence-electron chi connectivity index (χ2n) is 10.1. The summed E-state index contributed by atoms with van der Waals surface area (Å²) in [6, 6.07) is 13.1. The zero-order chi connectivity index (χ0) is 25.8. The Bertz CT molecular complexity index is 1400. The van der Waals surface area contributed by atoms with Gasteiger partial charge in [-0.3, -0.25) is 19.1 Å². The first-order valence-electron chi connectivity index (χ1n) is 12.5. The molecule has 2 aromatic carbocycles. The summed E-state index contributed by atoms with van der Waals surface area (Å²) in [4.78, 5) is 40.6. The Balaban J connectivity index is 1.21. The first kappa shape index (κ1) is 23.3. The first-order chi connectivity index (χ1) is 17.9.